The van der Waals surface area contributed by atoms with Crippen molar-refractivity contribution in [1.29, 1.82) is 5.26 Å². The fourth-order valence-corrected chi connectivity index (χ4v) is 1.51. The van der Waals surface area contributed by atoms with Crippen LogP contribution in [0.1, 0.15) is 16.7 Å². The van der Waals surface area contributed by atoms with E-state index < -0.39 is 16.8 Å². The highest BCUT2D eigenvalue weighted by atomic mass is 35.5. The normalized spacial score (nSPS) is 11.2. The van der Waals surface area contributed by atoms with Gasteiger partial charge >= 0.3 is 6.18 Å². The van der Waals surface area contributed by atoms with E-state index in [-0.39, 0.29) is 17.7 Å². The zero-order valence-electron chi connectivity index (χ0n) is 7.40. The number of rotatable bonds is 1. The second kappa shape index (κ2) is 4.09. The summed E-state index contributed by atoms with van der Waals surface area (Å²) in [5.41, 5.74) is 3.82. The highest BCUT2D eigenvalue weighted by molar-refractivity contribution is 6.32. The molecule has 1 aromatic rings. The van der Waals surface area contributed by atoms with Crippen LogP contribution in [0.3, 0.4) is 0 Å². The Kier molecular flexibility index (Phi) is 3.22. The van der Waals surface area contributed by atoms with Crippen LogP contribution in [0.5, 0.6) is 0 Å². The lowest BCUT2D eigenvalue weighted by molar-refractivity contribution is -0.138. The van der Waals surface area contributed by atoms with Gasteiger partial charge in [0, 0.05) is 6.54 Å². The van der Waals surface area contributed by atoms with Crippen molar-refractivity contribution in [3.63, 3.8) is 0 Å². The van der Waals surface area contributed by atoms with Crippen molar-refractivity contribution in [3.8, 4) is 6.07 Å². The molecule has 0 heterocycles. The van der Waals surface area contributed by atoms with E-state index in [1.54, 1.807) is 6.07 Å². The van der Waals surface area contributed by atoms with E-state index in [0.717, 1.165) is 6.07 Å². The molecule has 0 bridgehead atoms. The average molecular weight is 235 g/mol. The van der Waals surface area contributed by atoms with E-state index in [1.165, 1.54) is 6.07 Å². The summed E-state index contributed by atoms with van der Waals surface area (Å²) in [5, 5.41) is 7.95. The molecule has 0 radical (unpaired) electrons. The Hall–Kier alpha value is -1.25. The Morgan fingerprint density at radius 3 is 2.40 bits per heavy atom. The van der Waals surface area contributed by atoms with Crippen LogP contribution in [0.4, 0.5) is 13.2 Å². The first-order valence-corrected chi connectivity index (χ1v) is 4.28. The number of nitrogens with zero attached hydrogens (tertiary/aromatic N) is 1. The van der Waals surface area contributed by atoms with Gasteiger partial charge in [-0.15, -0.1) is 0 Å². The summed E-state index contributed by atoms with van der Waals surface area (Å²) in [6, 6.07) is 3.97. The molecule has 0 unspecified atom stereocenters. The Labute approximate surface area is 89.1 Å². The molecule has 15 heavy (non-hydrogen) atoms. The van der Waals surface area contributed by atoms with Gasteiger partial charge in [-0.1, -0.05) is 17.7 Å². The van der Waals surface area contributed by atoms with E-state index in [0.29, 0.717) is 0 Å². The van der Waals surface area contributed by atoms with E-state index in [2.05, 4.69) is 0 Å². The quantitative estimate of drug-likeness (QED) is 0.812. The SMILES string of the molecule is N#Cc1ccc(CN)c(C(F)(F)F)c1Cl. The first-order valence-electron chi connectivity index (χ1n) is 3.90. The van der Waals surface area contributed by atoms with Crippen LogP contribution in [0.15, 0.2) is 12.1 Å². The number of alkyl halides is 3. The minimum absolute atomic E-state index is 0.119. The van der Waals surface area contributed by atoms with Gasteiger partial charge in [-0.2, -0.15) is 18.4 Å². The molecule has 6 heteroatoms. The van der Waals surface area contributed by atoms with Gasteiger partial charge in [0.2, 0.25) is 0 Å². The number of hydrogen-bond acceptors (Lipinski definition) is 2. The number of halogens is 4. The lowest BCUT2D eigenvalue weighted by Gasteiger charge is -2.13. The molecule has 1 aromatic carbocycles. The standard InChI is InChI=1S/C9H6ClF3N2/c10-8-6(4-15)2-1-5(3-14)7(8)9(11,12)13/h1-2H,3,14H2. The van der Waals surface area contributed by atoms with Gasteiger partial charge in [-0.05, 0) is 11.6 Å². The van der Waals surface area contributed by atoms with Crippen LogP contribution in [0, 0.1) is 11.3 Å². The molecule has 2 nitrogen and oxygen atoms in total. The third-order valence-electron chi connectivity index (χ3n) is 1.85. The summed E-state index contributed by atoms with van der Waals surface area (Å²) in [7, 11) is 0. The van der Waals surface area contributed by atoms with Crippen molar-refractivity contribution in [2.24, 2.45) is 5.73 Å². The van der Waals surface area contributed by atoms with E-state index in [9.17, 15) is 13.2 Å². The fourth-order valence-electron chi connectivity index (χ4n) is 1.18. The lowest BCUT2D eigenvalue weighted by Crippen LogP contribution is -2.13. The molecule has 0 aliphatic rings. The van der Waals surface area contributed by atoms with Crippen LogP contribution in [0.25, 0.3) is 0 Å². The summed E-state index contributed by atoms with van der Waals surface area (Å²) in [4.78, 5) is 0. The van der Waals surface area contributed by atoms with Crippen LogP contribution >= 0.6 is 11.6 Å². The summed E-state index contributed by atoms with van der Waals surface area (Å²) < 4.78 is 37.7. The monoisotopic (exact) mass is 234 g/mol. The van der Waals surface area contributed by atoms with Gasteiger partial charge in [-0.3, -0.25) is 0 Å². The topological polar surface area (TPSA) is 49.8 Å². The number of benzene rings is 1. The smallest absolute Gasteiger partial charge is 0.326 e. The number of hydrogen-bond donors (Lipinski definition) is 1. The van der Waals surface area contributed by atoms with E-state index >= 15 is 0 Å². The first kappa shape index (κ1) is 11.8. The predicted molar refractivity (Wildman–Crippen MR) is 49.1 cm³/mol. The van der Waals surface area contributed by atoms with E-state index in [4.69, 9.17) is 22.6 Å². The van der Waals surface area contributed by atoms with Crippen LogP contribution in [-0.2, 0) is 12.7 Å². The van der Waals surface area contributed by atoms with Crippen molar-refractivity contribution in [2.75, 3.05) is 0 Å². The third-order valence-corrected chi connectivity index (χ3v) is 2.24. The van der Waals surface area contributed by atoms with Crippen LogP contribution < -0.4 is 5.73 Å². The largest absolute Gasteiger partial charge is 0.418 e. The molecule has 0 saturated carbocycles. The highest BCUT2D eigenvalue weighted by Gasteiger charge is 2.36. The van der Waals surface area contributed by atoms with Crippen LogP contribution in [0.2, 0.25) is 5.02 Å². The van der Waals surface area contributed by atoms with Gasteiger partial charge in [0.15, 0.2) is 0 Å². The molecular formula is C9H6ClF3N2. The molecule has 80 valence electrons. The third kappa shape index (κ3) is 2.22. The van der Waals surface area contributed by atoms with Gasteiger partial charge in [0.25, 0.3) is 0 Å². The molecule has 0 spiro atoms. The van der Waals surface area contributed by atoms with Crippen molar-refractivity contribution < 1.29 is 13.2 Å². The molecule has 0 amide bonds. The maximum absolute atomic E-state index is 12.6. The van der Waals surface area contributed by atoms with E-state index in [1.807, 2.05) is 0 Å². The lowest BCUT2D eigenvalue weighted by atomic mass is 10.0. The summed E-state index contributed by atoms with van der Waals surface area (Å²) in [6.07, 6.45) is -4.60. The molecule has 0 saturated heterocycles. The zero-order valence-corrected chi connectivity index (χ0v) is 8.15. The van der Waals surface area contributed by atoms with Gasteiger partial charge in [0.1, 0.15) is 6.07 Å². The predicted octanol–water partition coefficient (Wildman–Crippen LogP) is 2.69. The van der Waals surface area contributed by atoms with Crippen molar-refractivity contribution in [2.45, 2.75) is 12.7 Å². The zero-order chi connectivity index (χ0) is 11.6. The second-order valence-corrected chi connectivity index (χ2v) is 3.15. The molecule has 0 aromatic heterocycles. The van der Waals surface area contributed by atoms with Crippen LogP contribution in [-0.4, -0.2) is 0 Å². The molecular weight excluding hydrogens is 229 g/mol. The second-order valence-electron chi connectivity index (χ2n) is 2.77. The maximum atomic E-state index is 12.6. The Bertz CT molecular complexity index is 421. The van der Waals surface area contributed by atoms with Crippen molar-refractivity contribution in [1.82, 2.24) is 0 Å². The number of nitriles is 1. The fraction of sp³-hybridized carbons (Fsp3) is 0.222. The van der Waals surface area contributed by atoms with Crippen molar-refractivity contribution in [3.05, 3.63) is 33.8 Å². The molecule has 0 aliphatic carbocycles. The van der Waals surface area contributed by atoms with Gasteiger partial charge in [-0.25, -0.2) is 0 Å². The molecule has 0 fully saturated rings. The highest BCUT2D eigenvalue weighted by Crippen LogP contribution is 2.38. The van der Waals surface area contributed by atoms with Crippen molar-refractivity contribution >= 4 is 11.6 Å². The maximum Gasteiger partial charge on any atom is 0.418 e. The molecule has 2 N–H and O–H groups in total. The Morgan fingerprint density at radius 2 is 2.00 bits per heavy atom. The minimum Gasteiger partial charge on any atom is -0.326 e. The first-order chi connectivity index (χ1) is 6.91. The molecule has 0 aliphatic heterocycles. The average Bonchev–Trinajstić information content (AvgIpc) is 2.15. The minimum atomic E-state index is -4.60. The number of nitrogens with two attached hydrogens (primary N) is 1. The van der Waals surface area contributed by atoms with Gasteiger partial charge < -0.3 is 5.73 Å². The Morgan fingerprint density at radius 1 is 1.40 bits per heavy atom. The summed E-state index contributed by atoms with van der Waals surface area (Å²) in [6.45, 7) is -0.278. The summed E-state index contributed by atoms with van der Waals surface area (Å²) >= 11 is 5.48. The van der Waals surface area contributed by atoms with Gasteiger partial charge in [0.05, 0.1) is 16.1 Å². The summed E-state index contributed by atoms with van der Waals surface area (Å²) in [5.74, 6) is 0. The molecule has 1 rings (SSSR count). The molecule has 0 atom stereocenters. The Balaban J connectivity index is 3.52.